The molecule has 1 aromatic rings. The molecule has 4 heteroatoms. The fraction of sp³-hybridized carbons (Fsp3) is 0.462. The van der Waals surface area contributed by atoms with E-state index in [4.69, 9.17) is 16.3 Å². The zero-order valence-corrected chi connectivity index (χ0v) is 10.5. The van der Waals surface area contributed by atoms with E-state index >= 15 is 0 Å². The Morgan fingerprint density at radius 3 is 3.06 bits per heavy atom. The first-order valence-electron chi connectivity index (χ1n) is 5.87. The van der Waals surface area contributed by atoms with E-state index in [-0.39, 0.29) is 17.5 Å². The highest BCUT2D eigenvalue weighted by atomic mass is 35.5. The van der Waals surface area contributed by atoms with E-state index in [2.05, 4.69) is 11.4 Å². The third kappa shape index (κ3) is 2.72. The fourth-order valence-electron chi connectivity index (χ4n) is 2.17. The van der Waals surface area contributed by atoms with E-state index in [0.717, 1.165) is 18.4 Å². The molecule has 92 valence electrons. The number of alkyl halides is 1. The molecule has 1 aliphatic rings. The molecule has 3 nitrogen and oxygen atoms in total. The largest absolute Gasteiger partial charge is 0.450 e. The van der Waals surface area contributed by atoms with Crippen molar-refractivity contribution in [1.82, 2.24) is 5.32 Å². The zero-order chi connectivity index (χ0) is 12.3. The summed E-state index contributed by atoms with van der Waals surface area (Å²) in [7, 11) is 0. The summed E-state index contributed by atoms with van der Waals surface area (Å²) in [5, 5.41) is 2.64. The monoisotopic (exact) mass is 253 g/mol. The molecule has 0 aliphatic heterocycles. The molecular weight excluding hydrogens is 238 g/mol. The highest BCUT2D eigenvalue weighted by Crippen LogP contribution is 2.34. The van der Waals surface area contributed by atoms with E-state index < -0.39 is 0 Å². The molecule has 0 aromatic heterocycles. The van der Waals surface area contributed by atoms with E-state index in [1.165, 1.54) is 5.56 Å². The molecule has 2 rings (SSSR count). The van der Waals surface area contributed by atoms with Crippen LogP contribution in [0.1, 0.15) is 29.8 Å². The number of aryl methyl sites for hydroxylation is 1. The van der Waals surface area contributed by atoms with Crippen LogP contribution in [0.3, 0.4) is 0 Å². The lowest BCUT2D eigenvalue weighted by molar-refractivity contribution is 0.146. The number of nitrogens with one attached hydrogen (secondary N) is 1. The topological polar surface area (TPSA) is 38.3 Å². The van der Waals surface area contributed by atoms with Gasteiger partial charge in [-0.2, -0.15) is 0 Å². The van der Waals surface area contributed by atoms with Gasteiger partial charge in [0, 0.05) is 0 Å². The molecule has 1 amide bonds. The van der Waals surface area contributed by atoms with E-state index in [1.807, 2.05) is 18.2 Å². The van der Waals surface area contributed by atoms with Crippen LogP contribution < -0.4 is 5.32 Å². The second-order valence-electron chi connectivity index (χ2n) is 4.11. The van der Waals surface area contributed by atoms with Crippen molar-refractivity contribution in [1.29, 1.82) is 0 Å². The maximum atomic E-state index is 11.4. The zero-order valence-electron chi connectivity index (χ0n) is 9.78. The second kappa shape index (κ2) is 5.41. The fourth-order valence-corrected chi connectivity index (χ4v) is 2.58. The van der Waals surface area contributed by atoms with Gasteiger partial charge in [-0.3, -0.25) is 0 Å². The average Bonchev–Trinajstić information content (AvgIpc) is 2.33. The molecule has 0 radical (unpaired) electrons. The van der Waals surface area contributed by atoms with Crippen molar-refractivity contribution in [2.24, 2.45) is 0 Å². The molecule has 0 heterocycles. The average molecular weight is 254 g/mol. The van der Waals surface area contributed by atoms with Gasteiger partial charge in [0.15, 0.2) is 0 Å². The van der Waals surface area contributed by atoms with E-state index in [9.17, 15) is 4.79 Å². The minimum Gasteiger partial charge on any atom is -0.450 e. The van der Waals surface area contributed by atoms with Crippen LogP contribution in [0.2, 0.25) is 0 Å². The number of hydrogen-bond donors (Lipinski definition) is 1. The number of carbonyl (C=O) groups is 1. The molecule has 17 heavy (non-hydrogen) atoms. The lowest BCUT2D eigenvalue weighted by Gasteiger charge is -2.29. The van der Waals surface area contributed by atoms with Gasteiger partial charge in [0.1, 0.15) is 0 Å². The number of hydrogen-bond acceptors (Lipinski definition) is 2. The summed E-state index contributed by atoms with van der Waals surface area (Å²) in [6, 6.07) is 8.05. The lowest BCUT2D eigenvalue weighted by atomic mass is 9.88. The molecule has 2 unspecified atom stereocenters. The number of rotatable bonds is 2. The predicted molar refractivity (Wildman–Crippen MR) is 67.3 cm³/mol. The van der Waals surface area contributed by atoms with Gasteiger partial charge in [-0.1, -0.05) is 24.3 Å². The minimum absolute atomic E-state index is 0.0504. The maximum Gasteiger partial charge on any atom is 0.407 e. The van der Waals surface area contributed by atoms with Gasteiger partial charge in [0.05, 0.1) is 18.0 Å². The number of carbonyl (C=O) groups excluding carboxylic acids is 1. The van der Waals surface area contributed by atoms with Crippen molar-refractivity contribution < 1.29 is 9.53 Å². The number of halogens is 1. The van der Waals surface area contributed by atoms with Crippen LogP contribution in [0.25, 0.3) is 0 Å². The van der Waals surface area contributed by atoms with Crippen LogP contribution in [0.5, 0.6) is 0 Å². The summed E-state index contributed by atoms with van der Waals surface area (Å²) in [5.41, 5.74) is 2.39. The van der Waals surface area contributed by atoms with Gasteiger partial charge >= 0.3 is 6.09 Å². The van der Waals surface area contributed by atoms with Crippen LogP contribution in [0, 0.1) is 0 Å². The molecule has 1 aromatic carbocycles. The Hall–Kier alpha value is -1.22. The number of benzene rings is 1. The van der Waals surface area contributed by atoms with Crippen molar-refractivity contribution >= 4 is 17.7 Å². The Kier molecular flexibility index (Phi) is 3.89. The Morgan fingerprint density at radius 2 is 2.29 bits per heavy atom. The lowest BCUT2D eigenvalue weighted by Crippen LogP contribution is -2.40. The van der Waals surface area contributed by atoms with Gasteiger partial charge in [0.25, 0.3) is 0 Å². The molecule has 1 N–H and O–H groups in total. The maximum absolute atomic E-state index is 11.4. The summed E-state index contributed by atoms with van der Waals surface area (Å²) in [6.45, 7) is 2.16. The minimum atomic E-state index is -0.387. The standard InChI is InChI=1S/C13H16ClNO2/c1-2-17-13(16)15-11-8-7-9-5-3-4-6-10(9)12(11)14/h3-6,11-12H,2,7-8H2,1H3,(H,15,16). The number of fused-ring (bicyclic) bond motifs is 1. The van der Waals surface area contributed by atoms with Gasteiger partial charge in [-0.05, 0) is 30.9 Å². The Morgan fingerprint density at radius 1 is 1.53 bits per heavy atom. The molecule has 0 saturated carbocycles. The van der Waals surface area contributed by atoms with E-state index in [1.54, 1.807) is 6.92 Å². The first-order chi connectivity index (χ1) is 8.22. The van der Waals surface area contributed by atoms with Gasteiger partial charge < -0.3 is 10.1 Å². The third-order valence-electron chi connectivity index (χ3n) is 3.01. The normalized spacial score (nSPS) is 22.7. The smallest absolute Gasteiger partial charge is 0.407 e. The van der Waals surface area contributed by atoms with Gasteiger partial charge in [0.2, 0.25) is 0 Å². The number of alkyl carbamates (subject to hydrolysis) is 1. The molecule has 0 bridgehead atoms. The summed E-state index contributed by atoms with van der Waals surface area (Å²) in [5.74, 6) is 0. The number of amides is 1. The predicted octanol–water partition coefficient (Wildman–Crippen LogP) is 3.03. The highest BCUT2D eigenvalue weighted by Gasteiger charge is 2.29. The molecular formula is C13H16ClNO2. The van der Waals surface area contributed by atoms with Crippen LogP contribution in [0.4, 0.5) is 4.79 Å². The van der Waals surface area contributed by atoms with Crippen molar-refractivity contribution in [3.8, 4) is 0 Å². The van der Waals surface area contributed by atoms with E-state index in [0.29, 0.717) is 6.61 Å². The molecule has 0 spiro atoms. The van der Waals surface area contributed by atoms with Crippen molar-refractivity contribution in [3.05, 3.63) is 35.4 Å². The summed E-state index contributed by atoms with van der Waals surface area (Å²) < 4.78 is 4.87. The van der Waals surface area contributed by atoms with Crippen molar-refractivity contribution in [2.45, 2.75) is 31.2 Å². The summed E-state index contributed by atoms with van der Waals surface area (Å²) in [6.07, 6.45) is 1.41. The molecule has 0 fully saturated rings. The Labute approximate surface area is 106 Å². The van der Waals surface area contributed by atoms with Gasteiger partial charge in [-0.15, -0.1) is 11.6 Å². The SMILES string of the molecule is CCOC(=O)NC1CCc2ccccc2C1Cl. The third-order valence-corrected chi connectivity index (χ3v) is 3.55. The van der Waals surface area contributed by atoms with Crippen LogP contribution in [-0.2, 0) is 11.2 Å². The van der Waals surface area contributed by atoms with Gasteiger partial charge in [-0.25, -0.2) is 4.79 Å². The van der Waals surface area contributed by atoms with Crippen LogP contribution in [0.15, 0.2) is 24.3 Å². The van der Waals surface area contributed by atoms with Crippen LogP contribution in [-0.4, -0.2) is 18.7 Å². The molecule has 1 aliphatic carbocycles. The number of ether oxygens (including phenoxy) is 1. The molecule has 0 saturated heterocycles. The van der Waals surface area contributed by atoms with Crippen molar-refractivity contribution in [2.75, 3.05) is 6.61 Å². The quantitative estimate of drug-likeness (QED) is 0.823. The summed E-state index contributed by atoms with van der Waals surface area (Å²) in [4.78, 5) is 11.4. The Bertz CT molecular complexity index is 408. The first-order valence-corrected chi connectivity index (χ1v) is 6.31. The summed E-state index contributed by atoms with van der Waals surface area (Å²) >= 11 is 6.39. The van der Waals surface area contributed by atoms with Crippen molar-refractivity contribution in [3.63, 3.8) is 0 Å². The van der Waals surface area contributed by atoms with Crippen LogP contribution >= 0.6 is 11.6 Å². The Balaban J connectivity index is 2.07. The molecule has 2 atom stereocenters. The second-order valence-corrected chi connectivity index (χ2v) is 4.58. The highest BCUT2D eigenvalue weighted by molar-refractivity contribution is 6.21. The first kappa shape index (κ1) is 12.2.